The molecule has 43 heavy (non-hydrogen) atoms. The highest BCUT2D eigenvalue weighted by Crippen LogP contribution is 2.62. The number of methoxy groups -OCH3 is 2. The largest absolute Gasteiger partial charge is 0.497 e. The third-order valence-electron chi connectivity index (χ3n) is 9.15. The monoisotopic (exact) mass is 589 g/mol. The van der Waals surface area contributed by atoms with E-state index in [-0.39, 0.29) is 17.3 Å². The predicted molar refractivity (Wildman–Crippen MR) is 166 cm³/mol. The first-order chi connectivity index (χ1) is 20.8. The molecule has 3 atom stereocenters. The van der Waals surface area contributed by atoms with Crippen LogP contribution in [-0.2, 0) is 0 Å². The molecule has 0 amide bonds. The molecule has 7 rings (SSSR count). The highest BCUT2D eigenvalue weighted by molar-refractivity contribution is 6.33. The van der Waals surface area contributed by atoms with Crippen molar-refractivity contribution in [2.75, 3.05) is 19.1 Å². The second-order valence-electron chi connectivity index (χ2n) is 11.2. The zero-order valence-electron chi connectivity index (χ0n) is 23.8. The normalized spacial score (nSPS) is 21.0. The molecular formula is C36H28ClNO5. The summed E-state index contributed by atoms with van der Waals surface area (Å²) >= 11 is 6.39. The molecule has 4 aromatic rings. The molecule has 0 aromatic heterocycles. The minimum absolute atomic E-state index is 0.197. The van der Waals surface area contributed by atoms with E-state index >= 15 is 0 Å². The average molecular weight is 590 g/mol. The Morgan fingerprint density at radius 1 is 0.860 bits per heavy atom. The van der Waals surface area contributed by atoms with E-state index in [4.69, 9.17) is 21.1 Å². The Labute approximate surface area is 254 Å². The van der Waals surface area contributed by atoms with Gasteiger partial charge in [0, 0.05) is 44.9 Å². The summed E-state index contributed by atoms with van der Waals surface area (Å²) in [4.78, 5) is 46.5. The molecule has 214 valence electrons. The van der Waals surface area contributed by atoms with E-state index < -0.39 is 23.4 Å². The molecule has 6 nitrogen and oxygen atoms in total. The van der Waals surface area contributed by atoms with Crippen molar-refractivity contribution >= 4 is 40.7 Å². The van der Waals surface area contributed by atoms with E-state index in [1.165, 1.54) is 7.11 Å². The molecular weight excluding hydrogens is 562 g/mol. The van der Waals surface area contributed by atoms with Crippen LogP contribution in [0.25, 0.3) is 6.08 Å². The van der Waals surface area contributed by atoms with E-state index in [2.05, 4.69) is 0 Å². The summed E-state index contributed by atoms with van der Waals surface area (Å²) in [5, 5.41) is 0.547. The lowest BCUT2D eigenvalue weighted by Gasteiger charge is -2.37. The van der Waals surface area contributed by atoms with Crippen LogP contribution in [0.5, 0.6) is 11.5 Å². The van der Waals surface area contributed by atoms with Crippen molar-refractivity contribution < 1.29 is 23.9 Å². The number of Topliss-reactive ketones (excluding diaryl/α,β-unsaturated/α-hetero) is 3. The summed E-state index contributed by atoms with van der Waals surface area (Å²) in [5.74, 6) is -0.705. The van der Waals surface area contributed by atoms with Gasteiger partial charge in [0.15, 0.2) is 17.3 Å². The van der Waals surface area contributed by atoms with Crippen molar-refractivity contribution in [2.45, 2.75) is 24.9 Å². The number of halogens is 1. The minimum Gasteiger partial charge on any atom is -0.497 e. The SMILES string of the molecule is COc1ccc([C@@H]2[C@@H](C(=O)c3ccc(C)cc3)N3c4ccc(Cl)cc4C=C[C@H]3C23C(=O)c2ccccc2C3=O)c(OC)c1. The fourth-order valence-corrected chi connectivity index (χ4v) is 7.44. The number of carbonyl (C=O) groups is 3. The molecule has 3 aliphatic rings. The molecule has 0 saturated carbocycles. The maximum absolute atomic E-state index is 14.8. The Bertz CT molecular complexity index is 1830. The van der Waals surface area contributed by atoms with Gasteiger partial charge in [-0.1, -0.05) is 83.9 Å². The summed E-state index contributed by atoms with van der Waals surface area (Å²) in [6.07, 6.45) is 3.78. The number of benzene rings is 4. The van der Waals surface area contributed by atoms with Crippen molar-refractivity contribution in [3.63, 3.8) is 0 Å². The number of ketones is 3. The Morgan fingerprint density at radius 2 is 1.56 bits per heavy atom. The number of hydrogen-bond acceptors (Lipinski definition) is 6. The van der Waals surface area contributed by atoms with Crippen LogP contribution in [0, 0.1) is 12.3 Å². The van der Waals surface area contributed by atoms with E-state index in [0.717, 1.165) is 16.8 Å². The van der Waals surface area contributed by atoms with Crippen molar-refractivity contribution in [3.05, 3.63) is 129 Å². The van der Waals surface area contributed by atoms with Crippen LogP contribution < -0.4 is 14.4 Å². The lowest BCUT2D eigenvalue weighted by atomic mass is 9.64. The quantitative estimate of drug-likeness (QED) is 0.185. The molecule has 0 N–H and O–H groups in total. The van der Waals surface area contributed by atoms with E-state index in [0.29, 0.717) is 38.8 Å². The van der Waals surface area contributed by atoms with Gasteiger partial charge in [0.2, 0.25) is 0 Å². The zero-order chi connectivity index (χ0) is 30.0. The van der Waals surface area contributed by atoms with Crippen molar-refractivity contribution in [1.82, 2.24) is 0 Å². The van der Waals surface area contributed by atoms with Crippen molar-refractivity contribution in [3.8, 4) is 11.5 Å². The standard InChI is InChI=1S/C36H28ClNO5/c1-20-8-10-21(11-9-20)33(39)32-31(27-15-14-24(42-2)19-29(27)43-3)36(34(40)25-6-4-5-7-26(25)35(36)41)30-17-12-22-18-23(37)13-16-28(22)38(30)32/h4-19,30-32H,1-3H3/t30-,31+,32-/m0/s1. The lowest BCUT2D eigenvalue weighted by molar-refractivity contribution is 0.0665. The molecule has 2 heterocycles. The second-order valence-corrected chi connectivity index (χ2v) is 11.7. The van der Waals surface area contributed by atoms with Crippen LogP contribution in [0.2, 0.25) is 5.02 Å². The van der Waals surface area contributed by atoms with Crippen molar-refractivity contribution in [2.24, 2.45) is 5.41 Å². The fraction of sp³-hybridized carbons (Fsp3) is 0.194. The summed E-state index contributed by atoms with van der Waals surface area (Å²) in [6.45, 7) is 1.96. The van der Waals surface area contributed by atoms with Gasteiger partial charge in [-0.2, -0.15) is 0 Å². The summed E-state index contributed by atoms with van der Waals surface area (Å²) < 4.78 is 11.3. The van der Waals surface area contributed by atoms with Gasteiger partial charge in [0.1, 0.15) is 23.0 Å². The summed E-state index contributed by atoms with van der Waals surface area (Å²) in [6, 6.07) is 23.4. The third-order valence-corrected chi connectivity index (χ3v) is 9.38. The molecule has 0 bridgehead atoms. The number of carbonyl (C=O) groups excluding carboxylic acids is 3. The third kappa shape index (κ3) is 3.76. The number of ether oxygens (including phenoxy) is 2. The smallest absolute Gasteiger partial charge is 0.185 e. The zero-order valence-corrected chi connectivity index (χ0v) is 24.6. The number of rotatable bonds is 5. The maximum atomic E-state index is 14.8. The van der Waals surface area contributed by atoms with Crippen LogP contribution in [0.1, 0.15) is 53.7 Å². The number of nitrogens with zero attached hydrogens (tertiary/aromatic N) is 1. The van der Waals surface area contributed by atoms with Gasteiger partial charge in [-0.15, -0.1) is 0 Å². The summed E-state index contributed by atoms with van der Waals surface area (Å²) in [5.41, 5.74) is 2.72. The Balaban J connectivity index is 1.57. The van der Waals surface area contributed by atoms with Crippen LogP contribution in [0.3, 0.4) is 0 Å². The molecule has 1 spiro atoms. The molecule has 1 saturated heterocycles. The molecule has 0 unspecified atom stereocenters. The lowest BCUT2D eigenvalue weighted by Crippen LogP contribution is -2.48. The Hall–Kier alpha value is -4.68. The van der Waals surface area contributed by atoms with Gasteiger partial charge >= 0.3 is 0 Å². The van der Waals surface area contributed by atoms with Crippen LogP contribution in [-0.4, -0.2) is 43.7 Å². The summed E-state index contributed by atoms with van der Waals surface area (Å²) in [7, 11) is 3.09. The predicted octanol–water partition coefficient (Wildman–Crippen LogP) is 6.98. The van der Waals surface area contributed by atoms with Gasteiger partial charge in [-0.05, 0) is 36.8 Å². The van der Waals surface area contributed by atoms with E-state index in [1.54, 1.807) is 61.7 Å². The van der Waals surface area contributed by atoms with Gasteiger partial charge in [0.25, 0.3) is 0 Å². The number of hydrogen-bond donors (Lipinski definition) is 0. The first-order valence-corrected chi connectivity index (χ1v) is 14.5. The molecule has 4 aromatic carbocycles. The molecule has 2 aliphatic heterocycles. The number of fused-ring (bicyclic) bond motifs is 5. The highest BCUT2D eigenvalue weighted by atomic mass is 35.5. The van der Waals surface area contributed by atoms with Crippen molar-refractivity contribution in [1.29, 1.82) is 0 Å². The van der Waals surface area contributed by atoms with Crippen LogP contribution >= 0.6 is 11.6 Å². The van der Waals surface area contributed by atoms with Gasteiger partial charge in [0.05, 0.1) is 20.3 Å². The molecule has 0 radical (unpaired) electrons. The van der Waals surface area contributed by atoms with Gasteiger partial charge < -0.3 is 14.4 Å². The number of anilines is 1. The first-order valence-electron chi connectivity index (χ1n) is 14.1. The van der Waals surface area contributed by atoms with Crippen LogP contribution in [0.15, 0.2) is 91.0 Å². The van der Waals surface area contributed by atoms with E-state index in [9.17, 15) is 14.4 Å². The highest BCUT2D eigenvalue weighted by Gasteiger charge is 2.72. The maximum Gasteiger partial charge on any atom is 0.185 e. The fourth-order valence-electron chi connectivity index (χ4n) is 7.26. The molecule has 1 aliphatic carbocycles. The van der Waals surface area contributed by atoms with Gasteiger partial charge in [-0.25, -0.2) is 0 Å². The van der Waals surface area contributed by atoms with E-state index in [1.807, 2.05) is 54.3 Å². The topological polar surface area (TPSA) is 72.9 Å². The second kappa shape index (κ2) is 9.96. The number of aryl methyl sites for hydroxylation is 1. The minimum atomic E-state index is -1.63. The molecule has 1 fully saturated rings. The Kier molecular flexibility index (Phi) is 6.29. The average Bonchev–Trinajstić information content (AvgIpc) is 3.46. The molecule has 7 heteroatoms. The Morgan fingerprint density at radius 3 is 2.21 bits per heavy atom. The first kappa shape index (κ1) is 27.2. The van der Waals surface area contributed by atoms with Crippen LogP contribution in [0.4, 0.5) is 5.69 Å². The van der Waals surface area contributed by atoms with Gasteiger partial charge in [-0.3, -0.25) is 14.4 Å².